The lowest BCUT2D eigenvalue weighted by Crippen LogP contribution is -1.95. The molecule has 0 atom stereocenters. The number of nitrogens with zero attached hydrogens (tertiary/aromatic N) is 2. The summed E-state index contributed by atoms with van der Waals surface area (Å²) in [5, 5.41) is 6.32. The Morgan fingerprint density at radius 3 is 2.43 bits per heavy atom. The fourth-order valence-electron chi connectivity index (χ4n) is 4.50. The highest BCUT2D eigenvalue weighted by molar-refractivity contribution is 6.23. The van der Waals surface area contributed by atoms with Crippen LogP contribution in [0.1, 0.15) is 25.3 Å². The van der Waals surface area contributed by atoms with Crippen LogP contribution in [0, 0.1) is 0 Å². The van der Waals surface area contributed by atoms with E-state index < -0.39 is 0 Å². The molecule has 2 aromatic heterocycles. The Bertz CT molecular complexity index is 1540. The van der Waals surface area contributed by atoms with Crippen molar-refractivity contribution in [1.82, 2.24) is 9.38 Å². The SMILES string of the molecule is CC(C)c1ccc2c(c1)c1ccc3ccccc3c1c1nc3ccccc3n21. The van der Waals surface area contributed by atoms with Gasteiger partial charge in [-0.1, -0.05) is 68.4 Å². The van der Waals surface area contributed by atoms with E-state index in [1.165, 1.54) is 38.0 Å². The van der Waals surface area contributed by atoms with Crippen LogP contribution in [0.5, 0.6) is 0 Å². The van der Waals surface area contributed by atoms with Crippen molar-refractivity contribution in [3.8, 4) is 0 Å². The van der Waals surface area contributed by atoms with E-state index >= 15 is 0 Å². The van der Waals surface area contributed by atoms with Crippen LogP contribution in [-0.4, -0.2) is 9.38 Å². The van der Waals surface area contributed by atoms with Gasteiger partial charge in [-0.3, -0.25) is 4.40 Å². The Hall–Kier alpha value is -3.39. The third kappa shape index (κ3) is 2.00. The van der Waals surface area contributed by atoms with Gasteiger partial charge in [0.2, 0.25) is 0 Å². The molecule has 0 saturated carbocycles. The highest BCUT2D eigenvalue weighted by Crippen LogP contribution is 2.37. The normalized spacial score (nSPS) is 12.2. The Labute approximate surface area is 163 Å². The average Bonchev–Trinajstić information content (AvgIpc) is 3.12. The number of fused-ring (bicyclic) bond motifs is 10. The highest BCUT2D eigenvalue weighted by Gasteiger charge is 2.16. The molecule has 2 heteroatoms. The summed E-state index contributed by atoms with van der Waals surface area (Å²) in [7, 11) is 0. The fraction of sp³-hybridized carbons (Fsp3) is 0.115. The Kier molecular flexibility index (Phi) is 3.10. The zero-order chi connectivity index (χ0) is 18.8. The molecule has 0 saturated heterocycles. The second kappa shape index (κ2) is 5.56. The maximum atomic E-state index is 5.06. The lowest BCUT2D eigenvalue weighted by atomic mass is 9.96. The van der Waals surface area contributed by atoms with Gasteiger partial charge in [0.25, 0.3) is 0 Å². The molecule has 4 aromatic carbocycles. The van der Waals surface area contributed by atoms with Crippen molar-refractivity contribution < 1.29 is 0 Å². The molecule has 28 heavy (non-hydrogen) atoms. The molecule has 2 nitrogen and oxygen atoms in total. The molecular weight excluding hydrogens is 340 g/mol. The minimum atomic E-state index is 0.495. The minimum absolute atomic E-state index is 0.495. The first-order valence-corrected chi connectivity index (χ1v) is 9.86. The molecule has 6 rings (SSSR count). The molecule has 0 amide bonds. The van der Waals surface area contributed by atoms with Crippen LogP contribution < -0.4 is 0 Å². The molecule has 0 spiro atoms. The monoisotopic (exact) mass is 360 g/mol. The quantitative estimate of drug-likeness (QED) is 0.287. The van der Waals surface area contributed by atoms with Crippen molar-refractivity contribution in [1.29, 1.82) is 0 Å². The van der Waals surface area contributed by atoms with Crippen LogP contribution in [0.25, 0.3) is 49.1 Å². The molecule has 6 aromatic rings. The number of hydrogen-bond donors (Lipinski definition) is 0. The van der Waals surface area contributed by atoms with Gasteiger partial charge in [0.1, 0.15) is 5.65 Å². The first-order valence-electron chi connectivity index (χ1n) is 9.86. The summed E-state index contributed by atoms with van der Waals surface area (Å²) in [6.07, 6.45) is 0. The van der Waals surface area contributed by atoms with Crippen molar-refractivity contribution in [3.63, 3.8) is 0 Å². The summed E-state index contributed by atoms with van der Waals surface area (Å²) in [5.41, 5.74) is 5.83. The van der Waals surface area contributed by atoms with E-state index in [9.17, 15) is 0 Å². The summed E-state index contributed by atoms with van der Waals surface area (Å²) < 4.78 is 2.34. The van der Waals surface area contributed by atoms with Gasteiger partial charge in [0.05, 0.1) is 16.6 Å². The van der Waals surface area contributed by atoms with Gasteiger partial charge >= 0.3 is 0 Å². The number of para-hydroxylation sites is 2. The van der Waals surface area contributed by atoms with E-state index in [4.69, 9.17) is 4.98 Å². The molecule has 0 bridgehead atoms. The smallest absolute Gasteiger partial charge is 0.147 e. The van der Waals surface area contributed by atoms with Crippen LogP contribution in [0.4, 0.5) is 0 Å². The van der Waals surface area contributed by atoms with E-state index in [1.807, 2.05) is 0 Å². The van der Waals surface area contributed by atoms with Crippen LogP contribution in [0.2, 0.25) is 0 Å². The van der Waals surface area contributed by atoms with Gasteiger partial charge in [-0.25, -0.2) is 4.98 Å². The number of aromatic nitrogens is 2. The van der Waals surface area contributed by atoms with Crippen molar-refractivity contribution in [2.75, 3.05) is 0 Å². The van der Waals surface area contributed by atoms with Gasteiger partial charge in [-0.05, 0) is 51.9 Å². The van der Waals surface area contributed by atoms with Gasteiger partial charge < -0.3 is 0 Å². The summed E-state index contributed by atoms with van der Waals surface area (Å²) >= 11 is 0. The second-order valence-electron chi connectivity index (χ2n) is 7.90. The highest BCUT2D eigenvalue weighted by atomic mass is 15.0. The zero-order valence-electron chi connectivity index (χ0n) is 16.0. The Morgan fingerprint density at radius 1 is 0.714 bits per heavy atom. The van der Waals surface area contributed by atoms with Crippen LogP contribution in [0.3, 0.4) is 0 Å². The lowest BCUT2D eigenvalue weighted by Gasteiger charge is -2.14. The number of pyridine rings is 1. The van der Waals surface area contributed by atoms with Gasteiger partial charge in [0, 0.05) is 10.8 Å². The van der Waals surface area contributed by atoms with Gasteiger partial charge in [-0.15, -0.1) is 0 Å². The summed E-state index contributed by atoms with van der Waals surface area (Å²) in [6, 6.07) is 28.4. The van der Waals surface area contributed by atoms with Crippen LogP contribution >= 0.6 is 0 Å². The summed E-state index contributed by atoms with van der Waals surface area (Å²) in [6.45, 7) is 4.51. The lowest BCUT2D eigenvalue weighted by molar-refractivity contribution is 0.868. The molecule has 0 fully saturated rings. The van der Waals surface area contributed by atoms with Gasteiger partial charge in [0.15, 0.2) is 0 Å². The predicted molar refractivity (Wildman–Crippen MR) is 119 cm³/mol. The van der Waals surface area contributed by atoms with E-state index in [0.717, 1.165) is 16.7 Å². The molecule has 2 heterocycles. The molecule has 134 valence electrons. The van der Waals surface area contributed by atoms with E-state index in [0.29, 0.717) is 5.92 Å². The van der Waals surface area contributed by atoms with Crippen molar-refractivity contribution in [2.45, 2.75) is 19.8 Å². The molecule has 0 aliphatic rings. The van der Waals surface area contributed by atoms with E-state index in [2.05, 4.69) is 97.1 Å². The third-order valence-corrected chi connectivity index (χ3v) is 5.93. The second-order valence-corrected chi connectivity index (χ2v) is 7.90. The first kappa shape index (κ1) is 15.6. The number of benzene rings is 4. The maximum absolute atomic E-state index is 5.06. The van der Waals surface area contributed by atoms with E-state index in [-0.39, 0.29) is 0 Å². The standard InChI is InChI=1S/C26H20N2/c1-16(2)18-12-14-23-21(15-18)20-13-11-17-7-3-4-8-19(17)25(20)26-27-22-9-5-6-10-24(22)28(23)26/h3-16H,1-2H3. The largest absolute Gasteiger partial charge is 0.292 e. The molecule has 0 aliphatic carbocycles. The average molecular weight is 360 g/mol. The van der Waals surface area contributed by atoms with Crippen LogP contribution in [0.15, 0.2) is 78.9 Å². The maximum Gasteiger partial charge on any atom is 0.147 e. The molecular formula is C26H20N2. The first-order chi connectivity index (χ1) is 13.7. The van der Waals surface area contributed by atoms with Crippen molar-refractivity contribution >= 4 is 49.1 Å². The Morgan fingerprint density at radius 2 is 1.54 bits per heavy atom. The van der Waals surface area contributed by atoms with E-state index in [1.54, 1.807) is 0 Å². The van der Waals surface area contributed by atoms with Gasteiger partial charge in [-0.2, -0.15) is 0 Å². The fourth-order valence-corrected chi connectivity index (χ4v) is 4.50. The number of imidazole rings is 1. The number of rotatable bonds is 1. The van der Waals surface area contributed by atoms with Crippen molar-refractivity contribution in [2.24, 2.45) is 0 Å². The molecule has 0 N–H and O–H groups in total. The topological polar surface area (TPSA) is 17.3 Å². The molecule has 0 radical (unpaired) electrons. The molecule has 0 unspecified atom stereocenters. The van der Waals surface area contributed by atoms with Crippen molar-refractivity contribution in [3.05, 3.63) is 84.4 Å². The zero-order valence-corrected chi connectivity index (χ0v) is 16.0. The minimum Gasteiger partial charge on any atom is -0.292 e. The Balaban J connectivity index is 1.99. The number of hydrogen-bond acceptors (Lipinski definition) is 1. The summed E-state index contributed by atoms with van der Waals surface area (Å²) in [4.78, 5) is 5.06. The van der Waals surface area contributed by atoms with Crippen LogP contribution in [-0.2, 0) is 0 Å². The predicted octanol–water partition coefficient (Wildman–Crippen LogP) is 7.07. The molecule has 0 aliphatic heterocycles. The summed E-state index contributed by atoms with van der Waals surface area (Å²) in [5.74, 6) is 0.495. The third-order valence-electron chi connectivity index (χ3n) is 5.93.